The molecule has 1 heterocycles. The summed E-state index contributed by atoms with van der Waals surface area (Å²) in [6.07, 6.45) is 21.2. The number of hydrogen-bond acceptors (Lipinski definition) is 4. The number of aliphatic hydroxyl groups is 1. The maximum atomic E-state index is 9.04. The maximum Gasteiger partial charge on any atom is 0.0667 e. The fourth-order valence-corrected chi connectivity index (χ4v) is 8.31. The van der Waals surface area contributed by atoms with Crippen molar-refractivity contribution >= 4 is 0 Å². The number of hydrogen-bond donors (Lipinski definition) is 2. The summed E-state index contributed by atoms with van der Waals surface area (Å²) in [5.74, 6) is 4.49. The van der Waals surface area contributed by atoms with Crippen LogP contribution >= 0.6 is 0 Å². The predicted molar refractivity (Wildman–Crippen MR) is 205 cm³/mol. The first-order valence-corrected chi connectivity index (χ1v) is 19.8. The Kier molecular flexibility index (Phi) is 32.8. The Hall–Kier alpha value is -0.160. The van der Waals surface area contributed by atoms with Gasteiger partial charge in [0.1, 0.15) is 0 Å². The van der Waals surface area contributed by atoms with Crippen molar-refractivity contribution in [1.29, 1.82) is 0 Å². The molecule has 0 aromatic heterocycles. The van der Waals surface area contributed by atoms with E-state index in [-0.39, 0.29) is 6.10 Å². The van der Waals surface area contributed by atoms with E-state index in [1.165, 1.54) is 83.5 Å². The molecule has 1 aliphatic heterocycles. The zero-order chi connectivity index (χ0) is 35.5. The van der Waals surface area contributed by atoms with E-state index in [0.717, 1.165) is 62.1 Å². The van der Waals surface area contributed by atoms with E-state index >= 15 is 0 Å². The molecule has 4 nitrogen and oxygen atoms in total. The first kappa shape index (κ1) is 49.2. The molecular weight excluding hydrogens is 552 g/mol. The van der Waals surface area contributed by atoms with Crippen molar-refractivity contribution in [3.63, 3.8) is 0 Å². The van der Waals surface area contributed by atoms with Gasteiger partial charge in [-0.1, -0.05) is 134 Å². The van der Waals surface area contributed by atoms with Crippen molar-refractivity contribution in [3.05, 3.63) is 0 Å². The van der Waals surface area contributed by atoms with Gasteiger partial charge in [-0.05, 0) is 106 Å². The zero-order valence-electron chi connectivity index (χ0n) is 34.1. The number of rotatable bonds is 4. The highest BCUT2D eigenvalue weighted by Crippen LogP contribution is 2.53. The van der Waals surface area contributed by atoms with Crippen LogP contribution < -0.4 is 5.73 Å². The van der Waals surface area contributed by atoms with Crippen LogP contribution in [0.15, 0.2) is 0 Å². The molecule has 0 aromatic rings. The fraction of sp³-hybridized carbons (Fsp3) is 1.00. The number of fused-ring (bicyclic) bond motifs is 1. The molecule has 0 aromatic carbocycles. The van der Waals surface area contributed by atoms with Crippen LogP contribution in [-0.4, -0.2) is 57.0 Å². The number of aliphatic hydroxyl groups excluding tert-OH is 1. The minimum atomic E-state index is -0.0613. The number of methoxy groups -OCH3 is 1. The third-order valence-corrected chi connectivity index (χ3v) is 11.5. The van der Waals surface area contributed by atoms with Crippen LogP contribution in [0.1, 0.15) is 179 Å². The van der Waals surface area contributed by atoms with E-state index in [1.807, 2.05) is 41.7 Å². The van der Waals surface area contributed by atoms with Gasteiger partial charge in [-0.25, -0.2) is 0 Å². The Morgan fingerprint density at radius 3 is 1.78 bits per heavy atom. The highest BCUT2D eigenvalue weighted by atomic mass is 16.4. The molecule has 1 saturated heterocycles. The Labute approximate surface area is 286 Å². The van der Waals surface area contributed by atoms with Gasteiger partial charge in [0.15, 0.2) is 0 Å². The third kappa shape index (κ3) is 19.4. The van der Waals surface area contributed by atoms with Gasteiger partial charge in [0.2, 0.25) is 0 Å². The van der Waals surface area contributed by atoms with Gasteiger partial charge >= 0.3 is 0 Å². The fourth-order valence-electron chi connectivity index (χ4n) is 8.31. The van der Waals surface area contributed by atoms with E-state index < -0.39 is 0 Å². The van der Waals surface area contributed by atoms with E-state index in [0.29, 0.717) is 10.8 Å². The summed E-state index contributed by atoms with van der Waals surface area (Å²) in [5, 5.41) is 9.04. The van der Waals surface area contributed by atoms with Crippen molar-refractivity contribution in [1.82, 2.24) is 4.90 Å². The second-order valence-corrected chi connectivity index (χ2v) is 14.9. The molecule has 2 saturated carbocycles. The second-order valence-electron chi connectivity index (χ2n) is 14.9. The first-order chi connectivity index (χ1) is 21.4. The van der Waals surface area contributed by atoms with Gasteiger partial charge < -0.3 is 20.5 Å². The third-order valence-electron chi connectivity index (χ3n) is 11.5. The summed E-state index contributed by atoms with van der Waals surface area (Å²) >= 11 is 0. The molecule has 0 amide bonds. The van der Waals surface area contributed by atoms with E-state index in [9.17, 15) is 0 Å². The molecular formula is C41H90N2O2. The van der Waals surface area contributed by atoms with Crippen molar-refractivity contribution in [3.8, 4) is 0 Å². The van der Waals surface area contributed by atoms with Crippen LogP contribution in [0.25, 0.3) is 0 Å². The Bertz CT molecular complexity index is 604. The Balaban J connectivity index is -0.000000804. The summed E-state index contributed by atoms with van der Waals surface area (Å²) < 4.78 is 4.25. The van der Waals surface area contributed by atoms with Crippen molar-refractivity contribution in [2.75, 3.05) is 40.9 Å². The number of piperidine rings is 1. The van der Waals surface area contributed by atoms with Gasteiger partial charge in [-0.15, -0.1) is 0 Å². The van der Waals surface area contributed by atoms with E-state index in [1.54, 1.807) is 14.2 Å². The molecule has 3 fully saturated rings. The Morgan fingerprint density at radius 1 is 0.822 bits per heavy atom. The predicted octanol–water partition coefficient (Wildman–Crippen LogP) is 11.6. The lowest BCUT2D eigenvalue weighted by atomic mass is 9.57. The molecule has 0 radical (unpaired) electrons. The topological polar surface area (TPSA) is 58.7 Å². The second kappa shape index (κ2) is 29.9. The van der Waals surface area contributed by atoms with Crippen LogP contribution in [0.3, 0.4) is 0 Å². The number of likely N-dealkylation sites (tertiary alicyclic amines) is 1. The summed E-state index contributed by atoms with van der Waals surface area (Å²) in [7, 11) is 5.29. The van der Waals surface area contributed by atoms with Gasteiger partial charge in [0, 0.05) is 20.8 Å². The van der Waals surface area contributed by atoms with Gasteiger partial charge in [0.25, 0.3) is 0 Å². The Morgan fingerprint density at radius 2 is 1.33 bits per heavy atom. The van der Waals surface area contributed by atoms with E-state index in [4.69, 9.17) is 10.8 Å². The normalized spacial score (nSPS) is 31.3. The number of likely N-dealkylation sites (N-methyl/N-ethyl adjacent to an activating group) is 1. The molecule has 0 spiro atoms. The molecule has 7 unspecified atom stereocenters. The largest absolute Gasteiger partial charge is 0.392 e. The molecule has 3 N–H and O–H groups in total. The zero-order valence-corrected chi connectivity index (χ0v) is 34.1. The van der Waals surface area contributed by atoms with Gasteiger partial charge in [-0.3, -0.25) is 0 Å². The quantitative estimate of drug-likeness (QED) is 0.320. The molecule has 2 aliphatic carbocycles. The highest BCUT2D eigenvalue weighted by molar-refractivity contribution is 4.93. The van der Waals surface area contributed by atoms with Crippen LogP contribution in [0.2, 0.25) is 0 Å². The van der Waals surface area contributed by atoms with Gasteiger partial charge in [-0.2, -0.15) is 0 Å². The monoisotopic (exact) mass is 643 g/mol. The van der Waals surface area contributed by atoms with Crippen molar-refractivity contribution in [2.45, 2.75) is 186 Å². The molecule has 7 atom stereocenters. The molecule has 4 heteroatoms. The number of ether oxygens (including phenoxy) is 1. The van der Waals surface area contributed by atoms with Crippen LogP contribution in [0, 0.1) is 40.4 Å². The van der Waals surface area contributed by atoms with Crippen molar-refractivity contribution in [2.24, 2.45) is 46.2 Å². The maximum absolute atomic E-state index is 9.04. The summed E-state index contributed by atoms with van der Waals surface area (Å²) in [5.41, 5.74) is 6.01. The molecule has 45 heavy (non-hydrogen) atoms. The average molecular weight is 643 g/mol. The molecule has 276 valence electrons. The minimum Gasteiger partial charge on any atom is -0.392 e. The lowest BCUT2D eigenvalue weighted by Gasteiger charge is -2.49. The summed E-state index contributed by atoms with van der Waals surface area (Å²) in [6.45, 7) is 30.5. The van der Waals surface area contributed by atoms with Crippen molar-refractivity contribution < 1.29 is 9.84 Å². The molecule has 3 aliphatic rings. The lowest BCUT2D eigenvalue weighted by molar-refractivity contribution is 0.0149. The lowest BCUT2D eigenvalue weighted by Crippen LogP contribution is -2.39. The minimum absolute atomic E-state index is 0.0613. The summed E-state index contributed by atoms with van der Waals surface area (Å²) in [6, 6.07) is 0. The summed E-state index contributed by atoms with van der Waals surface area (Å²) in [4.78, 5) is 2.16. The molecule has 3 rings (SSSR count). The smallest absolute Gasteiger partial charge is 0.0667 e. The van der Waals surface area contributed by atoms with Crippen LogP contribution in [0.4, 0.5) is 0 Å². The number of nitrogens with zero attached hydrogens (tertiary/aromatic N) is 1. The van der Waals surface area contributed by atoms with Crippen LogP contribution in [0.5, 0.6) is 0 Å². The van der Waals surface area contributed by atoms with E-state index in [2.05, 4.69) is 58.1 Å². The van der Waals surface area contributed by atoms with Crippen LogP contribution in [-0.2, 0) is 4.74 Å². The standard InChI is InChI=1S/C27H52.C6H13NO.C2H7N.C2H6O.2C2H6/c1-8-14-24-16-9-10-17-25-18-11-12-19-26(25,6)22(4)15-13-20-27(24,7)23(5)21(2)3;1-7-4-2-3-6(8)5-7;1-2-3;1-3-2;2*1-2/h21-25H,8-20H2,1-7H3;6,8H,2-5H2,1H3;2-3H2,1H3;1-2H3;2*1-2H3. The average Bonchev–Trinajstić information content (AvgIpc) is 3.01. The van der Waals surface area contributed by atoms with Gasteiger partial charge in [0.05, 0.1) is 6.10 Å². The number of β-amino-alcohol motifs (C(OH)–C–C–N with tert-alkyl or cyclic N) is 1. The SMILES string of the molecule is CC.CC.CCCC1CCCCC2CCCCC2(C)C(C)CCCC1(C)C(C)C(C)C.CCN.CN1CCCC(O)C1.COC. The number of nitrogens with two attached hydrogens (primary N) is 1. The first-order valence-electron chi connectivity index (χ1n) is 19.8. The molecule has 0 bridgehead atoms. The highest BCUT2D eigenvalue weighted by Gasteiger charge is 2.43.